The van der Waals surface area contributed by atoms with E-state index in [1.54, 1.807) is 0 Å². The summed E-state index contributed by atoms with van der Waals surface area (Å²) in [4.78, 5) is 13.6. The number of hydrogen-bond acceptors (Lipinski definition) is 2. The van der Waals surface area contributed by atoms with Gasteiger partial charge in [0, 0.05) is 68.2 Å². The maximum atomic E-state index is 11.5. The smallest absolute Gasteiger partial charge is 0.333 e. The largest absolute Gasteiger partial charge is 0.478 e. The van der Waals surface area contributed by atoms with Gasteiger partial charge in [0.25, 0.3) is 0 Å². The van der Waals surface area contributed by atoms with Crippen molar-refractivity contribution in [2.75, 3.05) is 20.1 Å². The van der Waals surface area contributed by atoms with E-state index in [4.69, 9.17) is 0 Å². The van der Waals surface area contributed by atoms with E-state index in [-0.39, 0.29) is 55.1 Å². The molecule has 0 bridgehead atoms. The Hall–Kier alpha value is 0.0264. The fourth-order valence-corrected chi connectivity index (χ4v) is 3.09. The summed E-state index contributed by atoms with van der Waals surface area (Å²) >= 11 is 0. The molecule has 2 aliphatic rings. The first kappa shape index (κ1) is 18.1. The van der Waals surface area contributed by atoms with Crippen LogP contribution in [-0.4, -0.2) is 36.1 Å². The Bertz CT molecular complexity index is 526. The van der Waals surface area contributed by atoms with Gasteiger partial charge in [-0.2, -0.15) is 30.3 Å². The van der Waals surface area contributed by atoms with E-state index in [2.05, 4.69) is 11.0 Å². The van der Waals surface area contributed by atoms with Gasteiger partial charge >= 0.3 is 5.97 Å². The molecule has 0 aromatic heterocycles. The van der Waals surface area contributed by atoms with Crippen molar-refractivity contribution in [1.29, 1.82) is 0 Å². The molecule has 1 radical (unpaired) electrons. The first-order chi connectivity index (χ1) is 8.62. The molecule has 1 aliphatic heterocycles. The van der Waals surface area contributed by atoms with Crippen LogP contribution in [0.5, 0.6) is 0 Å². The Balaban J connectivity index is 0.000001000. The van der Waals surface area contributed by atoms with Crippen LogP contribution in [0.15, 0.2) is 29.8 Å². The predicted molar refractivity (Wildman–Crippen MR) is 69.0 cm³/mol. The molecular weight excluding hydrogens is 515 g/mol. The monoisotopic (exact) mass is 531 g/mol. The quantitative estimate of drug-likeness (QED) is 0.595. The van der Waals surface area contributed by atoms with E-state index in [9.17, 15) is 9.90 Å². The van der Waals surface area contributed by atoms with E-state index >= 15 is 0 Å². The van der Waals surface area contributed by atoms with Crippen molar-refractivity contribution in [3.8, 4) is 0 Å². The molecule has 1 fully saturated rings. The van der Waals surface area contributed by atoms with Crippen molar-refractivity contribution in [3.05, 3.63) is 41.5 Å². The molecule has 3 rings (SSSR count). The van der Waals surface area contributed by atoms with Gasteiger partial charge in [0.15, 0.2) is 0 Å². The van der Waals surface area contributed by atoms with Crippen molar-refractivity contribution < 1.29 is 59.6 Å². The summed E-state index contributed by atoms with van der Waals surface area (Å²) in [7, 11) is 2.00. The minimum atomic E-state index is -0.782. The molecule has 103 valence electrons. The molecule has 0 unspecified atom stereocenters. The number of carboxylic acid groups (broad SMARTS) is 1. The molecule has 0 atom stereocenters. The van der Waals surface area contributed by atoms with Crippen LogP contribution in [0.1, 0.15) is 18.4 Å². The van der Waals surface area contributed by atoms with Gasteiger partial charge in [-0.15, -0.1) is 5.56 Å². The second kappa shape index (κ2) is 6.86. The standard InChI is InChI=1S/C15H16NO2.U.V/c1-16-9-12(14(17)18)13(15(10-16)7-8-15)11-5-3-2-4-6-11;;/h3-6H,7-10H2,1H3,(H,17,18);;/q-1;;. The van der Waals surface area contributed by atoms with Gasteiger partial charge in [-0.1, -0.05) is 0 Å². The third-order valence-corrected chi connectivity index (χ3v) is 3.95. The summed E-state index contributed by atoms with van der Waals surface area (Å²) < 4.78 is 0. The second-order valence-corrected chi connectivity index (χ2v) is 5.40. The number of hydrogen-bond donors (Lipinski definition) is 1. The van der Waals surface area contributed by atoms with Crippen LogP contribution < -0.4 is 0 Å². The maximum Gasteiger partial charge on any atom is 0.333 e. The van der Waals surface area contributed by atoms with Gasteiger partial charge in [0.05, 0.1) is 5.57 Å². The zero-order chi connectivity index (χ0) is 12.8. The van der Waals surface area contributed by atoms with Crippen LogP contribution in [0, 0.1) is 42.6 Å². The number of aliphatic carboxylic acids is 1. The number of carboxylic acids is 1. The molecule has 1 N–H and O–H groups in total. The molecule has 3 nitrogen and oxygen atoms in total. The van der Waals surface area contributed by atoms with Crippen molar-refractivity contribution in [3.63, 3.8) is 0 Å². The van der Waals surface area contributed by atoms with Crippen LogP contribution in [0.4, 0.5) is 0 Å². The predicted octanol–water partition coefficient (Wildman–Crippen LogP) is 2.05. The van der Waals surface area contributed by atoms with Crippen molar-refractivity contribution in [2.24, 2.45) is 5.41 Å². The average Bonchev–Trinajstić information content (AvgIpc) is 3.09. The van der Waals surface area contributed by atoms with E-state index in [0.717, 1.165) is 30.5 Å². The van der Waals surface area contributed by atoms with E-state index < -0.39 is 5.97 Å². The normalized spacial score (nSPS) is 20.1. The van der Waals surface area contributed by atoms with Crippen molar-refractivity contribution in [2.45, 2.75) is 12.8 Å². The Morgan fingerprint density at radius 2 is 1.95 bits per heavy atom. The third-order valence-electron chi connectivity index (χ3n) is 3.95. The van der Waals surface area contributed by atoms with Crippen LogP contribution in [0.2, 0.25) is 0 Å². The molecule has 1 heterocycles. The minimum absolute atomic E-state index is 0. The maximum absolute atomic E-state index is 11.5. The SMILES string of the molecule is CN1CC(C(=O)O)=C(c2cc[c-]cc2)C2(CC2)C1.[U].[V]. The molecule has 1 spiro atoms. The first-order valence-corrected chi connectivity index (χ1v) is 6.24. The van der Waals surface area contributed by atoms with Gasteiger partial charge in [0.1, 0.15) is 0 Å². The van der Waals surface area contributed by atoms with E-state index in [1.807, 2.05) is 31.3 Å². The van der Waals surface area contributed by atoms with E-state index in [1.165, 1.54) is 0 Å². The third kappa shape index (κ3) is 3.26. The Morgan fingerprint density at radius 1 is 1.35 bits per heavy atom. The molecule has 1 aromatic carbocycles. The summed E-state index contributed by atoms with van der Waals surface area (Å²) in [6.45, 7) is 1.50. The molecule has 20 heavy (non-hydrogen) atoms. The second-order valence-electron chi connectivity index (χ2n) is 5.40. The van der Waals surface area contributed by atoms with Crippen LogP contribution in [0.3, 0.4) is 0 Å². The fraction of sp³-hybridized carbons (Fsp3) is 0.400. The number of benzene rings is 1. The molecule has 1 aromatic rings. The van der Waals surface area contributed by atoms with Crippen molar-refractivity contribution in [1.82, 2.24) is 4.90 Å². The summed E-state index contributed by atoms with van der Waals surface area (Å²) in [5.74, 6) is -0.782. The van der Waals surface area contributed by atoms with Crippen LogP contribution in [-0.2, 0) is 23.4 Å². The molecule has 5 heteroatoms. The average molecular weight is 531 g/mol. The number of likely N-dealkylation sites (N-methyl/N-ethyl adjacent to an activating group) is 1. The first-order valence-electron chi connectivity index (χ1n) is 6.24. The zero-order valence-electron chi connectivity index (χ0n) is 11.4. The number of carbonyl (C=O) groups is 1. The van der Waals surface area contributed by atoms with E-state index in [0.29, 0.717) is 12.1 Å². The number of rotatable bonds is 2. The molecule has 0 saturated heterocycles. The van der Waals surface area contributed by atoms with Gasteiger partial charge in [-0.3, -0.25) is 0 Å². The molecule has 1 saturated carbocycles. The summed E-state index contributed by atoms with van der Waals surface area (Å²) in [5, 5.41) is 9.46. The number of nitrogens with zero attached hydrogens (tertiary/aromatic N) is 1. The Kier molecular flexibility index (Phi) is 6.20. The fourth-order valence-electron chi connectivity index (χ4n) is 3.09. The Labute approximate surface area is 155 Å². The topological polar surface area (TPSA) is 40.5 Å². The minimum Gasteiger partial charge on any atom is -0.478 e. The van der Waals surface area contributed by atoms with Gasteiger partial charge < -0.3 is 10.0 Å². The summed E-state index contributed by atoms with van der Waals surface area (Å²) in [5.41, 5.74) is 2.76. The van der Waals surface area contributed by atoms with Gasteiger partial charge in [-0.05, 0) is 25.5 Å². The van der Waals surface area contributed by atoms with Crippen molar-refractivity contribution >= 4 is 11.5 Å². The molecular formula is C15H16NO2UV-. The Morgan fingerprint density at radius 3 is 2.45 bits per heavy atom. The summed E-state index contributed by atoms with van der Waals surface area (Å²) in [6, 6.07) is 10.7. The van der Waals surface area contributed by atoms with Gasteiger partial charge in [-0.25, -0.2) is 4.79 Å². The molecule has 1 aliphatic carbocycles. The van der Waals surface area contributed by atoms with Crippen LogP contribution in [0.25, 0.3) is 5.57 Å². The zero-order valence-corrected chi connectivity index (χ0v) is 16.9. The van der Waals surface area contributed by atoms with Crippen LogP contribution >= 0.6 is 0 Å². The molecule has 0 amide bonds. The summed E-state index contributed by atoms with van der Waals surface area (Å²) in [6.07, 6.45) is 2.20. The van der Waals surface area contributed by atoms with Gasteiger partial charge in [0.2, 0.25) is 0 Å².